The number of hydrogen-bond donors (Lipinski definition) is 0. The zero-order chi connectivity index (χ0) is 35.5. The summed E-state index contributed by atoms with van der Waals surface area (Å²) in [6.07, 6.45) is 8.17. The van der Waals surface area contributed by atoms with E-state index in [4.69, 9.17) is 0 Å². The summed E-state index contributed by atoms with van der Waals surface area (Å²) < 4.78 is 0. The molecule has 2 fully saturated rings. The van der Waals surface area contributed by atoms with Crippen LogP contribution in [0.2, 0.25) is 0 Å². The smallest absolute Gasteiger partial charge is 0.358 e. The standard InChI is InChI=1S/2C25H27P.CH4.2CH3.Fe/c2*1-20(21-12-5-2-6-13-21)24-18-11-19-25(24)26(22-14-7-3-8-15-22)23-16-9-4-10-17-23;;;;/h2*2-10,12-17,20,24-25H,11,18-19H2,1H3;1H4;2*1H3;/q;;;2*-1;+2/t2*20-,24?,25?;;;;/m11..../s1. The Morgan fingerprint density at radius 3 is 0.857 bits per heavy atom. The predicted molar refractivity (Wildman–Crippen MR) is 250 cm³/mol. The molecule has 3 heteroatoms. The molecule has 0 nitrogen and oxygen atoms in total. The van der Waals surface area contributed by atoms with Gasteiger partial charge in [-0.15, -0.1) is 0 Å². The van der Waals surface area contributed by atoms with Crippen LogP contribution in [0.25, 0.3) is 0 Å². The van der Waals surface area contributed by atoms with Crippen LogP contribution in [0.15, 0.2) is 182 Å². The second-order valence-electron chi connectivity index (χ2n) is 14.8. The largest absolute Gasteiger partial charge is 2.00 e. The molecular weight excluding hydrogens is 754 g/mol. The second-order valence-corrected chi connectivity index (χ2v) is 19.7. The van der Waals surface area contributed by atoms with Crippen molar-refractivity contribution in [3.8, 4) is 0 Å². The molecule has 0 aromatic heterocycles. The van der Waals surface area contributed by atoms with Crippen molar-refractivity contribution < 1.29 is 17.1 Å². The van der Waals surface area contributed by atoms with Gasteiger partial charge in [-0.1, -0.05) is 216 Å². The van der Waals surface area contributed by atoms with E-state index in [1.807, 2.05) is 0 Å². The fourth-order valence-electron chi connectivity index (χ4n) is 9.17. The summed E-state index contributed by atoms with van der Waals surface area (Å²) in [5, 5.41) is 6.13. The Hall–Kier alpha value is -3.30. The molecule has 2 saturated carbocycles. The maximum absolute atomic E-state index is 2.45. The first-order chi connectivity index (χ1) is 25.7. The summed E-state index contributed by atoms with van der Waals surface area (Å²) in [6.45, 7) is 4.89. The van der Waals surface area contributed by atoms with Crippen molar-refractivity contribution >= 4 is 37.1 Å². The minimum absolute atomic E-state index is 0. The molecule has 6 aromatic carbocycles. The van der Waals surface area contributed by atoms with E-state index in [1.54, 1.807) is 0 Å². The van der Waals surface area contributed by atoms with Crippen LogP contribution >= 0.6 is 15.8 Å². The molecule has 0 spiro atoms. The summed E-state index contributed by atoms with van der Waals surface area (Å²) >= 11 is 0. The van der Waals surface area contributed by atoms with Crippen molar-refractivity contribution in [2.75, 3.05) is 0 Å². The molecular formula is C53H64FeP2. The Balaban J connectivity index is 0.000000280. The van der Waals surface area contributed by atoms with E-state index in [0.717, 1.165) is 23.2 Å². The van der Waals surface area contributed by atoms with Crippen LogP contribution in [0, 0.1) is 26.7 Å². The van der Waals surface area contributed by atoms with Crippen LogP contribution in [0.4, 0.5) is 0 Å². The molecule has 2 aliphatic carbocycles. The molecule has 0 bridgehead atoms. The minimum Gasteiger partial charge on any atom is -0.358 e. The van der Waals surface area contributed by atoms with E-state index < -0.39 is 0 Å². The molecule has 56 heavy (non-hydrogen) atoms. The monoisotopic (exact) mass is 818 g/mol. The molecule has 6 aromatic rings. The Morgan fingerprint density at radius 1 is 0.375 bits per heavy atom. The van der Waals surface area contributed by atoms with Gasteiger partial charge in [0.05, 0.1) is 0 Å². The van der Waals surface area contributed by atoms with Crippen LogP contribution < -0.4 is 21.2 Å². The van der Waals surface area contributed by atoms with Gasteiger partial charge in [-0.2, -0.15) is 0 Å². The average Bonchev–Trinajstić information content (AvgIpc) is 3.91. The van der Waals surface area contributed by atoms with Gasteiger partial charge < -0.3 is 14.9 Å². The van der Waals surface area contributed by atoms with Crippen molar-refractivity contribution in [1.82, 2.24) is 0 Å². The molecule has 0 aliphatic heterocycles. The van der Waals surface area contributed by atoms with E-state index in [1.165, 1.54) is 70.9 Å². The third-order valence-corrected chi connectivity index (χ3v) is 17.8. The summed E-state index contributed by atoms with van der Waals surface area (Å²) in [5.41, 5.74) is 4.54. The summed E-state index contributed by atoms with van der Waals surface area (Å²) in [7, 11) is -0.628. The van der Waals surface area contributed by atoms with Crippen molar-refractivity contribution in [2.24, 2.45) is 11.8 Å². The topological polar surface area (TPSA) is 0 Å². The summed E-state index contributed by atoms with van der Waals surface area (Å²) in [4.78, 5) is 0. The zero-order valence-electron chi connectivity index (χ0n) is 33.3. The van der Waals surface area contributed by atoms with E-state index in [-0.39, 0.29) is 55.2 Å². The van der Waals surface area contributed by atoms with Gasteiger partial charge in [-0.3, -0.25) is 0 Å². The van der Waals surface area contributed by atoms with Gasteiger partial charge in [0.2, 0.25) is 0 Å². The molecule has 8 rings (SSSR count). The van der Waals surface area contributed by atoms with Crippen molar-refractivity contribution in [1.29, 1.82) is 0 Å². The van der Waals surface area contributed by atoms with Gasteiger partial charge >= 0.3 is 17.1 Å². The first-order valence-corrected chi connectivity index (χ1v) is 22.4. The molecule has 0 N–H and O–H groups in total. The van der Waals surface area contributed by atoms with Gasteiger partial charge in [-0.05, 0) is 109 Å². The van der Waals surface area contributed by atoms with Crippen LogP contribution in [-0.4, -0.2) is 11.3 Å². The van der Waals surface area contributed by atoms with Crippen molar-refractivity contribution in [3.63, 3.8) is 0 Å². The Labute approximate surface area is 355 Å². The van der Waals surface area contributed by atoms with Gasteiger partial charge in [0.1, 0.15) is 0 Å². The maximum atomic E-state index is 2.45. The van der Waals surface area contributed by atoms with Gasteiger partial charge in [-0.25, -0.2) is 0 Å². The van der Waals surface area contributed by atoms with E-state index >= 15 is 0 Å². The van der Waals surface area contributed by atoms with Gasteiger partial charge in [0.25, 0.3) is 0 Å². The van der Waals surface area contributed by atoms with Crippen LogP contribution in [0.5, 0.6) is 0 Å². The van der Waals surface area contributed by atoms with E-state index in [9.17, 15) is 0 Å². The van der Waals surface area contributed by atoms with Crippen LogP contribution in [0.3, 0.4) is 0 Å². The molecule has 0 heterocycles. The normalized spacial score (nSPS) is 19.5. The molecule has 0 saturated heterocycles. The molecule has 0 radical (unpaired) electrons. The second kappa shape index (κ2) is 23.8. The third kappa shape index (κ3) is 11.4. The Bertz CT molecular complexity index is 1670. The Kier molecular flexibility index (Phi) is 20.0. The van der Waals surface area contributed by atoms with Gasteiger partial charge in [0, 0.05) is 0 Å². The maximum Gasteiger partial charge on any atom is 2.00 e. The van der Waals surface area contributed by atoms with Crippen LogP contribution in [-0.2, 0) is 17.1 Å². The first-order valence-electron chi connectivity index (χ1n) is 19.6. The number of benzene rings is 6. The summed E-state index contributed by atoms with van der Waals surface area (Å²) in [6, 6.07) is 67.3. The predicted octanol–water partition coefficient (Wildman–Crippen LogP) is 13.7. The number of hydrogen-bond acceptors (Lipinski definition) is 0. The molecule has 294 valence electrons. The third-order valence-electron chi connectivity index (χ3n) is 11.8. The number of rotatable bonds is 10. The first kappa shape index (κ1) is 47.1. The van der Waals surface area contributed by atoms with E-state index in [0.29, 0.717) is 11.8 Å². The van der Waals surface area contributed by atoms with Crippen molar-refractivity contribution in [2.45, 2.75) is 83.0 Å². The SMILES string of the molecule is C.C[C@H](c1ccccc1)C1CCCC1P(c1ccccc1)c1ccccc1.C[C@H](c1ccccc1)C1CCCC1P(c1ccccc1)c1ccccc1.[CH3-].[CH3-].[Fe+2]. The van der Waals surface area contributed by atoms with Crippen LogP contribution in [0.1, 0.15) is 82.8 Å². The Morgan fingerprint density at radius 2 is 0.607 bits per heavy atom. The van der Waals surface area contributed by atoms with Gasteiger partial charge in [0.15, 0.2) is 0 Å². The molecule has 4 unspecified atom stereocenters. The summed E-state index contributed by atoms with van der Waals surface area (Å²) in [5.74, 6) is 2.79. The fourth-order valence-corrected chi connectivity index (χ4v) is 15.7. The van der Waals surface area contributed by atoms with Crippen molar-refractivity contribution in [3.05, 3.63) is 208 Å². The minimum atomic E-state index is -0.314. The fraction of sp³-hybridized carbons (Fsp3) is 0.283. The quantitative estimate of drug-likeness (QED) is 0.0734. The molecule has 0 amide bonds. The molecule has 2 aliphatic rings. The zero-order valence-corrected chi connectivity index (χ0v) is 36.2. The average molecular weight is 819 g/mol. The molecule has 6 atom stereocenters. The van der Waals surface area contributed by atoms with E-state index in [2.05, 4.69) is 196 Å².